The molecular weight excluding hydrogens is 166 g/mol. The van der Waals surface area contributed by atoms with Crippen LogP contribution >= 0.6 is 0 Å². The third-order valence-corrected chi connectivity index (χ3v) is 1.75. The van der Waals surface area contributed by atoms with Gasteiger partial charge in [0.15, 0.2) is 0 Å². The fraction of sp³-hybridized carbons (Fsp3) is 0.500. The number of aromatic nitrogens is 1. The second-order valence-electron chi connectivity index (χ2n) is 3.40. The molecule has 0 spiro atoms. The van der Waals surface area contributed by atoms with Crippen LogP contribution in [0.3, 0.4) is 0 Å². The highest BCUT2D eigenvalue weighted by Crippen LogP contribution is 2.02. The molecule has 3 heteroatoms. The van der Waals surface area contributed by atoms with Crippen molar-refractivity contribution in [2.45, 2.75) is 20.3 Å². The zero-order chi connectivity index (χ0) is 9.68. The van der Waals surface area contributed by atoms with E-state index in [0.717, 1.165) is 6.42 Å². The molecule has 1 heterocycles. The number of esters is 1. The minimum atomic E-state index is -0.273. The van der Waals surface area contributed by atoms with Crippen molar-refractivity contribution in [2.75, 3.05) is 6.61 Å². The van der Waals surface area contributed by atoms with Crippen LogP contribution in [0.4, 0.5) is 0 Å². The molecule has 0 fully saturated rings. The Morgan fingerprint density at radius 1 is 1.62 bits per heavy atom. The summed E-state index contributed by atoms with van der Waals surface area (Å²) in [7, 11) is 0. The highest BCUT2D eigenvalue weighted by atomic mass is 16.5. The van der Waals surface area contributed by atoms with E-state index in [0.29, 0.717) is 18.2 Å². The standard InChI is InChI=1S/C10H15NO2/c1-8(2)5-7-13-10(12)9-4-3-6-11-9/h3-4,6,8,11H,5,7H2,1-2H3. The summed E-state index contributed by atoms with van der Waals surface area (Å²) in [5.41, 5.74) is 0.517. The van der Waals surface area contributed by atoms with Crippen LogP contribution in [0.2, 0.25) is 0 Å². The van der Waals surface area contributed by atoms with Gasteiger partial charge in [0.25, 0.3) is 0 Å². The summed E-state index contributed by atoms with van der Waals surface area (Å²) >= 11 is 0. The molecule has 3 nitrogen and oxygen atoms in total. The maximum absolute atomic E-state index is 11.2. The quantitative estimate of drug-likeness (QED) is 0.723. The number of rotatable bonds is 4. The van der Waals surface area contributed by atoms with Crippen molar-refractivity contribution in [1.29, 1.82) is 0 Å². The molecule has 0 amide bonds. The Morgan fingerprint density at radius 2 is 2.38 bits per heavy atom. The van der Waals surface area contributed by atoms with E-state index in [4.69, 9.17) is 4.74 Å². The fourth-order valence-electron chi connectivity index (χ4n) is 0.922. The maximum Gasteiger partial charge on any atom is 0.354 e. The van der Waals surface area contributed by atoms with Gasteiger partial charge in [-0.15, -0.1) is 0 Å². The highest BCUT2D eigenvalue weighted by molar-refractivity contribution is 5.87. The fourth-order valence-corrected chi connectivity index (χ4v) is 0.922. The second kappa shape index (κ2) is 4.70. The van der Waals surface area contributed by atoms with Crippen molar-refractivity contribution in [2.24, 2.45) is 5.92 Å². The van der Waals surface area contributed by atoms with Crippen LogP contribution in [0.15, 0.2) is 18.3 Å². The van der Waals surface area contributed by atoms with Gasteiger partial charge >= 0.3 is 5.97 Å². The molecule has 13 heavy (non-hydrogen) atoms. The number of hydrogen-bond acceptors (Lipinski definition) is 2. The summed E-state index contributed by atoms with van der Waals surface area (Å²) < 4.78 is 5.03. The largest absolute Gasteiger partial charge is 0.461 e. The zero-order valence-electron chi connectivity index (χ0n) is 8.04. The topological polar surface area (TPSA) is 42.1 Å². The molecule has 0 aromatic carbocycles. The first-order valence-corrected chi connectivity index (χ1v) is 4.50. The van der Waals surface area contributed by atoms with Gasteiger partial charge in [-0.05, 0) is 24.5 Å². The van der Waals surface area contributed by atoms with E-state index in [1.165, 1.54) is 0 Å². The van der Waals surface area contributed by atoms with E-state index in [1.54, 1.807) is 18.3 Å². The number of H-pyrrole nitrogens is 1. The Hall–Kier alpha value is -1.25. The molecule has 0 aliphatic rings. The monoisotopic (exact) mass is 181 g/mol. The normalized spacial score (nSPS) is 10.4. The summed E-state index contributed by atoms with van der Waals surface area (Å²) in [5, 5.41) is 0. The van der Waals surface area contributed by atoms with E-state index in [1.807, 2.05) is 0 Å². The van der Waals surface area contributed by atoms with Gasteiger partial charge < -0.3 is 9.72 Å². The van der Waals surface area contributed by atoms with Gasteiger partial charge in [0, 0.05) is 6.20 Å². The smallest absolute Gasteiger partial charge is 0.354 e. The molecule has 0 unspecified atom stereocenters. The number of carbonyl (C=O) groups excluding carboxylic acids is 1. The lowest BCUT2D eigenvalue weighted by molar-refractivity contribution is 0.0482. The van der Waals surface area contributed by atoms with Crippen LogP contribution in [0.25, 0.3) is 0 Å². The lowest BCUT2D eigenvalue weighted by atomic mass is 10.1. The molecule has 1 aromatic rings. The molecule has 0 saturated carbocycles. The van der Waals surface area contributed by atoms with Gasteiger partial charge in [0.05, 0.1) is 6.61 Å². The molecule has 1 N–H and O–H groups in total. The molecule has 1 aromatic heterocycles. The van der Waals surface area contributed by atoms with Crippen molar-refractivity contribution in [1.82, 2.24) is 4.98 Å². The van der Waals surface area contributed by atoms with E-state index < -0.39 is 0 Å². The molecule has 0 aliphatic heterocycles. The van der Waals surface area contributed by atoms with Gasteiger partial charge in [-0.2, -0.15) is 0 Å². The van der Waals surface area contributed by atoms with Crippen molar-refractivity contribution in [3.05, 3.63) is 24.0 Å². The lowest BCUT2D eigenvalue weighted by Gasteiger charge is -2.05. The summed E-state index contributed by atoms with van der Waals surface area (Å²) in [5.74, 6) is 0.294. The van der Waals surface area contributed by atoms with Crippen LogP contribution in [-0.2, 0) is 4.74 Å². The zero-order valence-corrected chi connectivity index (χ0v) is 8.04. The van der Waals surface area contributed by atoms with E-state index in [9.17, 15) is 4.79 Å². The molecule has 0 bridgehead atoms. The van der Waals surface area contributed by atoms with Crippen LogP contribution in [-0.4, -0.2) is 17.6 Å². The molecule has 0 radical (unpaired) electrons. The Labute approximate surface area is 78.1 Å². The van der Waals surface area contributed by atoms with E-state index in [2.05, 4.69) is 18.8 Å². The first kappa shape index (κ1) is 9.84. The predicted molar refractivity (Wildman–Crippen MR) is 50.5 cm³/mol. The minimum absolute atomic E-state index is 0.273. The molecule has 0 saturated heterocycles. The number of carbonyl (C=O) groups is 1. The van der Waals surface area contributed by atoms with Gasteiger partial charge in [-0.1, -0.05) is 13.8 Å². The molecule has 0 atom stereocenters. The first-order chi connectivity index (χ1) is 6.20. The van der Waals surface area contributed by atoms with Crippen LogP contribution in [0.1, 0.15) is 30.8 Å². The Morgan fingerprint density at radius 3 is 2.92 bits per heavy atom. The molecular formula is C10H15NO2. The van der Waals surface area contributed by atoms with Crippen molar-refractivity contribution < 1.29 is 9.53 Å². The van der Waals surface area contributed by atoms with Crippen LogP contribution in [0.5, 0.6) is 0 Å². The number of aromatic amines is 1. The minimum Gasteiger partial charge on any atom is -0.461 e. The molecule has 1 rings (SSSR count). The maximum atomic E-state index is 11.2. The Balaban J connectivity index is 2.27. The third kappa shape index (κ3) is 3.32. The van der Waals surface area contributed by atoms with Crippen LogP contribution < -0.4 is 0 Å². The van der Waals surface area contributed by atoms with Crippen LogP contribution in [0, 0.1) is 5.92 Å². The third-order valence-electron chi connectivity index (χ3n) is 1.75. The van der Waals surface area contributed by atoms with Crippen molar-refractivity contribution in [3.8, 4) is 0 Å². The summed E-state index contributed by atoms with van der Waals surface area (Å²) in [6.07, 6.45) is 2.62. The Kier molecular flexibility index (Phi) is 3.55. The average molecular weight is 181 g/mol. The van der Waals surface area contributed by atoms with Gasteiger partial charge in [-0.25, -0.2) is 4.79 Å². The molecule has 0 aliphatic carbocycles. The summed E-state index contributed by atoms with van der Waals surface area (Å²) in [4.78, 5) is 14.0. The van der Waals surface area contributed by atoms with E-state index >= 15 is 0 Å². The van der Waals surface area contributed by atoms with Crippen molar-refractivity contribution >= 4 is 5.97 Å². The van der Waals surface area contributed by atoms with Crippen molar-refractivity contribution in [3.63, 3.8) is 0 Å². The van der Waals surface area contributed by atoms with Gasteiger partial charge in [0.1, 0.15) is 5.69 Å². The summed E-state index contributed by atoms with van der Waals surface area (Å²) in [6.45, 7) is 4.69. The average Bonchev–Trinajstić information content (AvgIpc) is 2.55. The lowest BCUT2D eigenvalue weighted by Crippen LogP contribution is -2.08. The number of hydrogen-bond donors (Lipinski definition) is 1. The predicted octanol–water partition coefficient (Wildman–Crippen LogP) is 2.22. The molecule has 72 valence electrons. The van der Waals surface area contributed by atoms with Gasteiger partial charge in [-0.3, -0.25) is 0 Å². The highest BCUT2D eigenvalue weighted by Gasteiger charge is 2.06. The SMILES string of the molecule is CC(C)CCOC(=O)c1ccc[nH]1. The number of ether oxygens (including phenoxy) is 1. The first-order valence-electron chi connectivity index (χ1n) is 4.50. The Bertz CT molecular complexity index is 252. The van der Waals surface area contributed by atoms with Gasteiger partial charge in [0.2, 0.25) is 0 Å². The number of nitrogens with one attached hydrogen (secondary N) is 1. The van der Waals surface area contributed by atoms with E-state index in [-0.39, 0.29) is 5.97 Å². The second-order valence-corrected chi connectivity index (χ2v) is 3.40. The summed E-state index contributed by atoms with van der Waals surface area (Å²) in [6, 6.07) is 3.48.